The van der Waals surface area contributed by atoms with Crippen LogP contribution in [0.15, 0.2) is 0 Å². The van der Waals surface area contributed by atoms with Crippen molar-refractivity contribution in [2.75, 3.05) is 24.7 Å². The van der Waals surface area contributed by atoms with E-state index in [9.17, 15) is 9.90 Å². The SMILES string of the molecule is CC1(C)CSCC(OCCO)(C(=O)O)C1. The topological polar surface area (TPSA) is 66.8 Å². The molecule has 5 heteroatoms. The van der Waals surface area contributed by atoms with Gasteiger partial charge in [-0.25, -0.2) is 4.79 Å². The van der Waals surface area contributed by atoms with Crippen molar-refractivity contribution in [3.05, 3.63) is 0 Å². The minimum absolute atomic E-state index is 0.0310. The van der Waals surface area contributed by atoms with E-state index < -0.39 is 11.6 Å². The van der Waals surface area contributed by atoms with Crippen molar-refractivity contribution in [3.63, 3.8) is 0 Å². The lowest BCUT2D eigenvalue weighted by atomic mass is 9.82. The van der Waals surface area contributed by atoms with Gasteiger partial charge in [0.1, 0.15) is 0 Å². The van der Waals surface area contributed by atoms with Crippen LogP contribution in [-0.4, -0.2) is 46.5 Å². The summed E-state index contributed by atoms with van der Waals surface area (Å²) in [6.45, 7) is 4.03. The van der Waals surface area contributed by atoms with Crippen LogP contribution in [0.2, 0.25) is 0 Å². The van der Waals surface area contributed by atoms with Crippen LogP contribution in [0.25, 0.3) is 0 Å². The highest BCUT2D eigenvalue weighted by Gasteiger charge is 2.47. The van der Waals surface area contributed by atoms with E-state index in [1.165, 1.54) is 0 Å². The van der Waals surface area contributed by atoms with Crippen LogP contribution >= 0.6 is 11.8 Å². The molecule has 0 aromatic heterocycles. The van der Waals surface area contributed by atoms with Gasteiger partial charge in [0.2, 0.25) is 0 Å². The van der Waals surface area contributed by atoms with Crippen LogP contribution in [-0.2, 0) is 9.53 Å². The zero-order valence-corrected chi connectivity index (χ0v) is 9.97. The van der Waals surface area contributed by atoms with Crippen LogP contribution in [0.4, 0.5) is 0 Å². The predicted molar refractivity (Wildman–Crippen MR) is 59.1 cm³/mol. The molecule has 1 atom stereocenters. The quantitative estimate of drug-likeness (QED) is 0.759. The second-order valence-corrected chi connectivity index (χ2v) is 5.69. The monoisotopic (exact) mass is 234 g/mol. The van der Waals surface area contributed by atoms with Gasteiger partial charge in [0.25, 0.3) is 0 Å². The van der Waals surface area contributed by atoms with Crippen molar-refractivity contribution in [1.29, 1.82) is 0 Å². The molecule has 0 spiro atoms. The number of carbonyl (C=O) groups is 1. The van der Waals surface area contributed by atoms with Crippen molar-refractivity contribution in [3.8, 4) is 0 Å². The lowest BCUT2D eigenvalue weighted by Gasteiger charge is -2.41. The minimum Gasteiger partial charge on any atom is -0.479 e. The summed E-state index contributed by atoms with van der Waals surface area (Å²) < 4.78 is 5.35. The molecule has 2 N–H and O–H groups in total. The largest absolute Gasteiger partial charge is 0.479 e. The van der Waals surface area contributed by atoms with E-state index >= 15 is 0 Å². The van der Waals surface area contributed by atoms with Crippen LogP contribution in [0.3, 0.4) is 0 Å². The number of hydrogen-bond donors (Lipinski definition) is 2. The Morgan fingerprint density at radius 3 is 2.60 bits per heavy atom. The summed E-state index contributed by atoms with van der Waals surface area (Å²) in [4.78, 5) is 11.2. The summed E-state index contributed by atoms with van der Waals surface area (Å²) in [5.41, 5.74) is -1.15. The fourth-order valence-corrected chi connectivity index (χ4v) is 3.30. The molecule has 0 bridgehead atoms. The first-order chi connectivity index (χ1) is 6.92. The molecule has 1 saturated heterocycles. The van der Waals surface area contributed by atoms with Gasteiger partial charge in [-0.1, -0.05) is 13.8 Å². The molecule has 0 aliphatic carbocycles. The Labute approximate surface area is 94.0 Å². The third kappa shape index (κ3) is 3.09. The summed E-state index contributed by atoms with van der Waals surface area (Å²) >= 11 is 1.60. The summed E-state index contributed by atoms with van der Waals surface area (Å²) in [6.07, 6.45) is 0.502. The first-order valence-electron chi connectivity index (χ1n) is 4.98. The Bertz CT molecular complexity index is 242. The number of aliphatic hydroxyl groups excluding tert-OH is 1. The fourth-order valence-electron chi connectivity index (χ4n) is 1.90. The van der Waals surface area contributed by atoms with E-state index in [2.05, 4.69) is 0 Å². The molecule has 0 radical (unpaired) electrons. The van der Waals surface area contributed by atoms with Gasteiger partial charge in [0.15, 0.2) is 5.60 Å². The molecule has 1 rings (SSSR count). The van der Waals surface area contributed by atoms with E-state index in [1.54, 1.807) is 11.8 Å². The van der Waals surface area contributed by atoms with E-state index in [0.29, 0.717) is 12.2 Å². The summed E-state index contributed by atoms with van der Waals surface area (Å²) in [7, 11) is 0. The Balaban J connectivity index is 2.76. The highest BCUT2D eigenvalue weighted by atomic mass is 32.2. The summed E-state index contributed by atoms with van der Waals surface area (Å²) in [6, 6.07) is 0. The van der Waals surface area contributed by atoms with Gasteiger partial charge in [0.05, 0.1) is 13.2 Å². The molecule has 1 fully saturated rings. The normalized spacial score (nSPS) is 30.1. The highest BCUT2D eigenvalue weighted by molar-refractivity contribution is 7.99. The molecule has 1 heterocycles. The number of hydrogen-bond acceptors (Lipinski definition) is 4. The van der Waals surface area contributed by atoms with Gasteiger partial charge in [0, 0.05) is 5.75 Å². The van der Waals surface area contributed by atoms with Gasteiger partial charge in [-0.15, -0.1) is 0 Å². The molecule has 4 nitrogen and oxygen atoms in total. The molecule has 0 saturated carbocycles. The third-order valence-electron chi connectivity index (χ3n) is 2.45. The van der Waals surface area contributed by atoms with Gasteiger partial charge in [-0.05, 0) is 17.6 Å². The number of rotatable bonds is 4. The Morgan fingerprint density at radius 2 is 2.13 bits per heavy atom. The standard InChI is InChI=1S/C10H18O4S/c1-9(2)5-10(8(12)13,7-15-6-9)14-4-3-11/h11H,3-7H2,1-2H3,(H,12,13). The molecule has 1 unspecified atom stereocenters. The maximum Gasteiger partial charge on any atom is 0.336 e. The number of carboxylic acids is 1. The molecular weight excluding hydrogens is 216 g/mol. The van der Waals surface area contributed by atoms with Crippen LogP contribution < -0.4 is 0 Å². The second kappa shape index (κ2) is 4.72. The number of carboxylic acid groups (broad SMARTS) is 1. The van der Waals surface area contributed by atoms with Crippen molar-refractivity contribution in [1.82, 2.24) is 0 Å². The molecular formula is C10H18O4S. The zero-order valence-electron chi connectivity index (χ0n) is 9.15. The lowest BCUT2D eigenvalue weighted by Crippen LogP contribution is -2.51. The lowest BCUT2D eigenvalue weighted by molar-refractivity contribution is -0.168. The average molecular weight is 234 g/mol. The second-order valence-electron chi connectivity index (χ2n) is 4.71. The Kier molecular flexibility index (Phi) is 4.03. The van der Waals surface area contributed by atoms with Crippen LogP contribution in [0, 0.1) is 5.41 Å². The smallest absolute Gasteiger partial charge is 0.336 e. The average Bonchev–Trinajstić information content (AvgIpc) is 2.13. The fraction of sp³-hybridized carbons (Fsp3) is 0.900. The number of aliphatic hydroxyl groups is 1. The minimum atomic E-state index is -1.12. The Hall–Kier alpha value is -0.260. The third-order valence-corrected chi connectivity index (χ3v) is 4.11. The van der Waals surface area contributed by atoms with Gasteiger partial charge in [-0.3, -0.25) is 0 Å². The maximum atomic E-state index is 11.2. The molecule has 15 heavy (non-hydrogen) atoms. The van der Waals surface area contributed by atoms with Gasteiger partial charge in [-0.2, -0.15) is 11.8 Å². The predicted octanol–water partition coefficient (Wildman–Crippen LogP) is 0.982. The molecule has 0 aromatic rings. The molecule has 1 aliphatic rings. The van der Waals surface area contributed by atoms with E-state index in [1.807, 2.05) is 13.8 Å². The van der Waals surface area contributed by atoms with Gasteiger partial charge < -0.3 is 14.9 Å². The summed E-state index contributed by atoms with van der Waals surface area (Å²) in [5, 5.41) is 17.9. The van der Waals surface area contributed by atoms with Crippen molar-refractivity contribution in [2.24, 2.45) is 5.41 Å². The van der Waals surface area contributed by atoms with Crippen LogP contribution in [0.5, 0.6) is 0 Å². The molecule has 1 aliphatic heterocycles. The van der Waals surface area contributed by atoms with E-state index in [4.69, 9.17) is 9.84 Å². The Morgan fingerprint density at radius 1 is 1.47 bits per heavy atom. The molecule has 0 aromatic carbocycles. The van der Waals surface area contributed by atoms with E-state index in [-0.39, 0.29) is 18.6 Å². The molecule has 0 amide bonds. The number of aliphatic carboxylic acids is 1. The number of thioether (sulfide) groups is 1. The zero-order chi connectivity index (χ0) is 11.5. The summed E-state index contributed by atoms with van der Waals surface area (Å²) in [5.74, 6) is 0.493. The van der Waals surface area contributed by atoms with Gasteiger partial charge >= 0.3 is 5.97 Å². The van der Waals surface area contributed by atoms with Crippen LogP contribution in [0.1, 0.15) is 20.3 Å². The van der Waals surface area contributed by atoms with Crippen molar-refractivity contribution >= 4 is 17.7 Å². The van der Waals surface area contributed by atoms with Crippen molar-refractivity contribution in [2.45, 2.75) is 25.9 Å². The molecule has 88 valence electrons. The van der Waals surface area contributed by atoms with Crippen molar-refractivity contribution < 1.29 is 19.7 Å². The highest BCUT2D eigenvalue weighted by Crippen LogP contribution is 2.41. The first kappa shape index (κ1) is 12.8. The number of ether oxygens (including phenoxy) is 1. The maximum absolute atomic E-state index is 11.2. The van der Waals surface area contributed by atoms with E-state index in [0.717, 1.165) is 5.75 Å². The first-order valence-corrected chi connectivity index (χ1v) is 6.13.